The third kappa shape index (κ3) is 2.58. The first-order chi connectivity index (χ1) is 5.33. The Morgan fingerprint density at radius 3 is 3.00 bits per heavy atom. The summed E-state index contributed by atoms with van der Waals surface area (Å²) in [6, 6.07) is 11.1. The van der Waals surface area contributed by atoms with E-state index in [1.807, 2.05) is 18.2 Å². The third-order valence-corrected chi connectivity index (χ3v) is 1.70. The Bertz CT molecular complexity index is 231. The van der Waals surface area contributed by atoms with Gasteiger partial charge in [0.15, 0.2) is 0 Å². The van der Waals surface area contributed by atoms with Crippen LogP contribution in [0, 0.1) is 6.07 Å². The van der Waals surface area contributed by atoms with Gasteiger partial charge in [0.2, 0.25) is 0 Å². The van der Waals surface area contributed by atoms with E-state index in [1.54, 1.807) is 0 Å². The molecule has 0 N–H and O–H groups in total. The molecule has 0 nitrogen and oxygen atoms in total. The molecule has 57 valence electrons. The van der Waals surface area contributed by atoms with Crippen molar-refractivity contribution in [3.63, 3.8) is 0 Å². The van der Waals surface area contributed by atoms with Gasteiger partial charge in [-0.05, 0) is 31.0 Å². The summed E-state index contributed by atoms with van der Waals surface area (Å²) in [6.45, 7) is 4.31. The minimum absolute atomic E-state index is 1.12. The predicted octanol–water partition coefficient (Wildman–Crippen LogP) is 3.30. The van der Waals surface area contributed by atoms with Gasteiger partial charge in [0.05, 0.1) is 0 Å². The highest BCUT2D eigenvalue weighted by Crippen LogP contribution is 2.07. The number of hydrogen-bond donors (Lipinski definition) is 0. The summed E-state index contributed by atoms with van der Waals surface area (Å²) in [7, 11) is 0. The molecule has 0 aromatic heterocycles. The van der Waals surface area contributed by atoms with Crippen LogP contribution in [0.2, 0.25) is 0 Å². The highest BCUT2D eigenvalue weighted by atomic mass is 13.9. The first-order valence-corrected chi connectivity index (χ1v) is 3.96. The summed E-state index contributed by atoms with van der Waals surface area (Å²) in [5.41, 5.74) is 2.65. The largest absolute Gasteiger partial charge is 0.0730 e. The van der Waals surface area contributed by atoms with Crippen molar-refractivity contribution in [1.82, 2.24) is 0 Å². The number of rotatable bonds is 2. The molecule has 0 aliphatic heterocycles. The van der Waals surface area contributed by atoms with E-state index < -0.39 is 0 Å². The van der Waals surface area contributed by atoms with Crippen molar-refractivity contribution in [2.24, 2.45) is 0 Å². The fraction of sp³-hybridized carbons (Fsp3) is 0.273. The summed E-state index contributed by atoms with van der Waals surface area (Å²) in [5.74, 6) is 0. The Morgan fingerprint density at radius 2 is 2.45 bits per heavy atom. The van der Waals surface area contributed by atoms with E-state index in [2.05, 4.69) is 32.1 Å². The van der Waals surface area contributed by atoms with Gasteiger partial charge in [0, 0.05) is 0 Å². The fourth-order valence-electron chi connectivity index (χ4n) is 0.884. The van der Waals surface area contributed by atoms with Gasteiger partial charge in [-0.3, -0.25) is 0 Å². The summed E-state index contributed by atoms with van der Waals surface area (Å²) >= 11 is 0. The Labute approximate surface area is 68.6 Å². The third-order valence-electron chi connectivity index (χ3n) is 1.70. The van der Waals surface area contributed by atoms with Crippen LogP contribution in [-0.2, 0) is 0 Å². The Balaban J connectivity index is 2.79. The van der Waals surface area contributed by atoms with E-state index >= 15 is 0 Å². The fourth-order valence-corrected chi connectivity index (χ4v) is 0.884. The Hall–Kier alpha value is -1.04. The van der Waals surface area contributed by atoms with E-state index in [1.165, 1.54) is 11.1 Å². The van der Waals surface area contributed by atoms with Crippen LogP contribution in [0.25, 0.3) is 6.08 Å². The van der Waals surface area contributed by atoms with Crippen molar-refractivity contribution >= 4 is 6.08 Å². The lowest BCUT2D eigenvalue weighted by molar-refractivity contribution is 1.11. The molecule has 1 radical (unpaired) electrons. The number of benzene rings is 1. The quantitative estimate of drug-likeness (QED) is 0.599. The zero-order valence-electron chi connectivity index (χ0n) is 7.09. The van der Waals surface area contributed by atoms with Crippen LogP contribution in [0.1, 0.15) is 25.8 Å². The second-order valence-electron chi connectivity index (χ2n) is 2.68. The first kappa shape index (κ1) is 8.06. The molecule has 0 aliphatic rings. The normalized spacial score (nSPS) is 11.6. The maximum absolute atomic E-state index is 3.05. The van der Waals surface area contributed by atoms with Gasteiger partial charge in [-0.25, -0.2) is 0 Å². The standard InChI is InChI=1S/C11H13/c1-3-10(2)9-11-7-5-4-6-8-11/h4-5,7-9H,3H2,1-2H3/b10-9-. The van der Waals surface area contributed by atoms with Gasteiger partial charge in [0.1, 0.15) is 0 Å². The highest BCUT2D eigenvalue weighted by Gasteiger charge is 1.85. The van der Waals surface area contributed by atoms with Crippen molar-refractivity contribution in [3.05, 3.63) is 41.5 Å². The average molecular weight is 145 g/mol. The SMILES string of the molecule is CC/C(C)=C\c1c[c]ccc1. The van der Waals surface area contributed by atoms with Crippen LogP contribution >= 0.6 is 0 Å². The van der Waals surface area contributed by atoms with Crippen LogP contribution in [0.15, 0.2) is 29.8 Å². The maximum Gasteiger partial charge on any atom is -0.0178 e. The molecular weight excluding hydrogens is 132 g/mol. The van der Waals surface area contributed by atoms with Gasteiger partial charge >= 0.3 is 0 Å². The molecule has 0 spiro atoms. The molecule has 1 aromatic rings. The van der Waals surface area contributed by atoms with Gasteiger partial charge in [0.25, 0.3) is 0 Å². The molecule has 0 amide bonds. The van der Waals surface area contributed by atoms with Crippen LogP contribution in [0.4, 0.5) is 0 Å². The predicted molar refractivity (Wildman–Crippen MR) is 49.2 cm³/mol. The Morgan fingerprint density at radius 1 is 1.64 bits per heavy atom. The van der Waals surface area contributed by atoms with Gasteiger partial charge < -0.3 is 0 Å². The van der Waals surface area contributed by atoms with Gasteiger partial charge in [-0.15, -0.1) is 0 Å². The molecule has 0 unspecified atom stereocenters. The topological polar surface area (TPSA) is 0 Å². The molecular formula is C11H13. The van der Waals surface area contributed by atoms with Crippen LogP contribution in [0.3, 0.4) is 0 Å². The minimum atomic E-state index is 1.12. The minimum Gasteiger partial charge on any atom is -0.0730 e. The highest BCUT2D eigenvalue weighted by molar-refractivity contribution is 5.51. The van der Waals surface area contributed by atoms with E-state index in [0.717, 1.165) is 6.42 Å². The molecule has 0 heterocycles. The van der Waals surface area contributed by atoms with Crippen molar-refractivity contribution in [3.8, 4) is 0 Å². The van der Waals surface area contributed by atoms with Crippen molar-refractivity contribution in [2.75, 3.05) is 0 Å². The number of allylic oxidation sites excluding steroid dienone is 1. The second-order valence-corrected chi connectivity index (χ2v) is 2.68. The van der Waals surface area contributed by atoms with Gasteiger partial charge in [-0.2, -0.15) is 0 Å². The molecule has 0 fully saturated rings. The van der Waals surface area contributed by atoms with Crippen LogP contribution in [-0.4, -0.2) is 0 Å². The molecule has 1 aromatic carbocycles. The summed E-state index contributed by atoms with van der Waals surface area (Å²) in [6.07, 6.45) is 3.31. The maximum atomic E-state index is 3.05. The summed E-state index contributed by atoms with van der Waals surface area (Å²) < 4.78 is 0. The lowest BCUT2D eigenvalue weighted by Crippen LogP contribution is -1.73. The average Bonchev–Trinajstić information content (AvgIpc) is 2.06. The Kier molecular flexibility index (Phi) is 2.91. The van der Waals surface area contributed by atoms with Crippen molar-refractivity contribution in [2.45, 2.75) is 20.3 Å². The number of hydrogen-bond acceptors (Lipinski definition) is 0. The lowest BCUT2D eigenvalue weighted by atomic mass is 10.1. The summed E-state index contributed by atoms with van der Waals surface area (Å²) in [4.78, 5) is 0. The molecule has 0 atom stereocenters. The smallest absolute Gasteiger partial charge is 0.0178 e. The van der Waals surface area contributed by atoms with E-state index in [4.69, 9.17) is 0 Å². The van der Waals surface area contributed by atoms with Crippen molar-refractivity contribution < 1.29 is 0 Å². The molecule has 11 heavy (non-hydrogen) atoms. The van der Waals surface area contributed by atoms with Crippen LogP contribution in [0.5, 0.6) is 0 Å². The van der Waals surface area contributed by atoms with Gasteiger partial charge in [-0.1, -0.05) is 36.8 Å². The molecule has 0 bridgehead atoms. The second kappa shape index (κ2) is 3.97. The molecule has 0 heteroatoms. The lowest BCUT2D eigenvalue weighted by Gasteiger charge is -1.94. The monoisotopic (exact) mass is 145 g/mol. The molecule has 1 rings (SSSR count). The van der Waals surface area contributed by atoms with E-state index in [-0.39, 0.29) is 0 Å². The molecule has 0 saturated carbocycles. The summed E-state index contributed by atoms with van der Waals surface area (Å²) in [5, 5.41) is 0. The molecule has 0 aliphatic carbocycles. The van der Waals surface area contributed by atoms with Crippen molar-refractivity contribution in [1.29, 1.82) is 0 Å². The van der Waals surface area contributed by atoms with E-state index in [9.17, 15) is 0 Å². The molecule has 0 saturated heterocycles. The zero-order chi connectivity index (χ0) is 8.10. The zero-order valence-corrected chi connectivity index (χ0v) is 7.09. The van der Waals surface area contributed by atoms with E-state index in [0.29, 0.717) is 0 Å². The first-order valence-electron chi connectivity index (χ1n) is 3.96. The van der Waals surface area contributed by atoms with Crippen LogP contribution < -0.4 is 0 Å².